The first-order valence-corrected chi connectivity index (χ1v) is 12.8. The minimum atomic E-state index is -4.01. The van der Waals surface area contributed by atoms with Crippen LogP contribution in [0.4, 0.5) is 4.79 Å². The van der Waals surface area contributed by atoms with Gasteiger partial charge in [0.2, 0.25) is 0 Å². The van der Waals surface area contributed by atoms with Gasteiger partial charge in [0.05, 0.1) is 18.6 Å². The fraction of sp³-hybridized carbons (Fsp3) is 0.259. The maximum atomic E-state index is 12.6. The first kappa shape index (κ1) is 26.7. The van der Waals surface area contributed by atoms with Crippen LogP contribution >= 0.6 is 0 Å². The summed E-state index contributed by atoms with van der Waals surface area (Å²) in [6.45, 7) is 5.39. The Morgan fingerprint density at radius 1 is 0.889 bits per heavy atom. The van der Waals surface area contributed by atoms with Crippen LogP contribution in [-0.2, 0) is 31.0 Å². The number of hydrogen-bond donors (Lipinski definition) is 1. The Hall–Kier alpha value is -3.85. The molecule has 0 heterocycles. The van der Waals surface area contributed by atoms with Crippen molar-refractivity contribution in [2.45, 2.75) is 50.8 Å². The summed E-state index contributed by atoms with van der Waals surface area (Å²) < 4.78 is 40.9. The van der Waals surface area contributed by atoms with E-state index in [1.54, 1.807) is 38.1 Å². The summed E-state index contributed by atoms with van der Waals surface area (Å²) in [6, 6.07) is 20.8. The lowest BCUT2D eigenvalue weighted by Crippen LogP contribution is -2.31. The molecule has 0 bridgehead atoms. The predicted molar refractivity (Wildman–Crippen MR) is 134 cm³/mol. The lowest BCUT2D eigenvalue weighted by molar-refractivity contribution is -0.147. The van der Waals surface area contributed by atoms with Crippen LogP contribution in [0, 0.1) is 6.92 Å². The molecule has 3 aromatic rings. The van der Waals surface area contributed by atoms with Gasteiger partial charge in [-0.2, -0.15) is 8.42 Å². The molecule has 8 nitrogen and oxygen atoms in total. The van der Waals surface area contributed by atoms with Crippen LogP contribution in [0.15, 0.2) is 83.8 Å². The fourth-order valence-electron chi connectivity index (χ4n) is 3.27. The second-order valence-electron chi connectivity index (χ2n) is 8.42. The molecule has 3 aromatic carbocycles. The number of hydrogen-bond acceptors (Lipinski definition) is 7. The molecule has 0 aliphatic heterocycles. The van der Waals surface area contributed by atoms with Gasteiger partial charge >= 0.3 is 22.2 Å². The maximum absolute atomic E-state index is 12.6. The quantitative estimate of drug-likeness (QED) is 0.299. The summed E-state index contributed by atoms with van der Waals surface area (Å²) in [7, 11) is -4.01. The molecular formula is C27H29NO7S. The van der Waals surface area contributed by atoms with Gasteiger partial charge in [-0.1, -0.05) is 60.2 Å². The lowest BCUT2D eigenvalue weighted by atomic mass is 10.0. The van der Waals surface area contributed by atoms with Gasteiger partial charge in [0.25, 0.3) is 0 Å². The molecule has 0 saturated carbocycles. The van der Waals surface area contributed by atoms with Gasteiger partial charge in [-0.15, -0.1) is 0 Å². The van der Waals surface area contributed by atoms with E-state index < -0.39 is 28.2 Å². The van der Waals surface area contributed by atoms with E-state index in [1.807, 2.05) is 37.3 Å². The third-order valence-corrected chi connectivity index (χ3v) is 6.30. The van der Waals surface area contributed by atoms with E-state index in [9.17, 15) is 18.0 Å². The standard InChI is InChI=1S/C27H29NO7S/c1-19(2)34-26(29)17-25(28-27(30)33-18-21-7-5-4-6-8-21)22-11-13-23(14-12-22)35-36(31,32)24-15-9-20(3)10-16-24/h4-16,19,25H,17-18H2,1-3H3,(H,28,30). The molecule has 0 saturated heterocycles. The van der Waals surface area contributed by atoms with E-state index in [1.165, 1.54) is 24.3 Å². The van der Waals surface area contributed by atoms with Gasteiger partial charge in [-0.3, -0.25) is 4.79 Å². The van der Waals surface area contributed by atoms with Crippen molar-refractivity contribution in [1.29, 1.82) is 0 Å². The van der Waals surface area contributed by atoms with Crippen molar-refractivity contribution in [3.8, 4) is 5.75 Å². The van der Waals surface area contributed by atoms with Gasteiger partial charge in [0.1, 0.15) is 17.3 Å². The SMILES string of the molecule is Cc1ccc(S(=O)(=O)Oc2ccc(C(CC(=O)OC(C)C)NC(=O)OCc3ccccc3)cc2)cc1. The Morgan fingerprint density at radius 2 is 1.53 bits per heavy atom. The molecule has 190 valence electrons. The molecule has 1 amide bonds. The monoisotopic (exact) mass is 511 g/mol. The second kappa shape index (κ2) is 12.2. The third kappa shape index (κ3) is 8.13. The number of rotatable bonds is 10. The molecule has 0 aromatic heterocycles. The summed E-state index contributed by atoms with van der Waals surface area (Å²) in [5.74, 6) is -0.407. The number of ether oxygens (including phenoxy) is 2. The Labute approximate surface area is 211 Å². The van der Waals surface area contributed by atoms with Crippen LogP contribution in [0.5, 0.6) is 5.75 Å². The van der Waals surface area contributed by atoms with E-state index >= 15 is 0 Å². The Kier molecular flexibility index (Phi) is 9.08. The largest absolute Gasteiger partial charge is 0.463 e. The highest BCUT2D eigenvalue weighted by atomic mass is 32.2. The number of amides is 1. The van der Waals surface area contributed by atoms with Crippen LogP contribution in [-0.4, -0.2) is 26.6 Å². The number of benzene rings is 3. The molecule has 1 N–H and O–H groups in total. The van der Waals surface area contributed by atoms with Gasteiger partial charge in [-0.25, -0.2) is 4.79 Å². The zero-order chi connectivity index (χ0) is 26.1. The smallest absolute Gasteiger partial charge is 0.407 e. The van der Waals surface area contributed by atoms with Crippen molar-refractivity contribution in [3.05, 3.63) is 95.6 Å². The Morgan fingerprint density at radius 3 is 2.14 bits per heavy atom. The van der Waals surface area contributed by atoms with Crippen LogP contribution in [0.1, 0.15) is 43.0 Å². The second-order valence-corrected chi connectivity index (χ2v) is 9.97. The summed E-state index contributed by atoms with van der Waals surface area (Å²) in [5, 5.41) is 2.69. The van der Waals surface area contributed by atoms with Crippen molar-refractivity contribution in [3.63, 3.8) is 0 Å². The number of esters is 1. The summed E-state index contributed by atoms with van der Waals surface area (Å²) >= 11 is 0. The van der Waals surface area contributed by atoms with E-state index in [0.29, 0.717) is 5.56 Å². The molecule has 1 atom stereocenters. The molecule has 0 radical (unpaired) electrons. The Balaban J connectivity index is 1.71. The first-order valence-electron chi connectivity index (χ1n) is 11.4. The summed E-state index contributed by atoms with van der Waals surface area (Å²) in [5.41, 5.74) is 2.29. The van der Waals surface area contributed by atoms with Crippen LogP contribution in [0.25, 0.3) is 0 Å². The van der Waals surface area contributed by atoms with Crippen molar-refractivity contribution in [2.75, 3.05) is 0 Å². The van der Waals surface area contributed by atoms with E-state index in [-0.39, 0.29) is 29.8 Å². The summed E-state index contributed by atoms with van der Waals surface area (Å²) in [4.78, 5) is 24.8. The Bertz CT molecular complexity index is 1260. The van der Waals surface area contributed by atoms with Crippen molar-refractivity contribution >= 4 is 22.2 Å². The van der Waals surface area contributed by atoms with Crippen molar-refractivity contribution < 1.29 is 31.7 Å². The minimum Gasteiger partial charge on any atom is -0.463 e. The third-order valence-electron chi connectivity index (χ3n) is 5.04. The average Bonchev–Trinajstić information content (AvgIpc) is 2.83. The normalized spacial score (nSPS) is 12.0. The minimum absolute atomic E-state index is 0.0364. The van der Waals surface area contributed by atoms with Crippen LogP contribution in [0.2, 0.25) is 0 Å². The van der Waals surface area contributed by atoms with Crippen LogP contribution in [0.3, 0.4) is 0 Å². The average molecular weight is 512 g/mol. The zero-order valence-electron chi connectivity index (χ0n) is 20.3. The highest BCUT2D eigenvalue weighted by Crippen LogP contribution is 2.24. The van der Waals surface area contributed by atoms with Gasteiger partial charge in [-0.05, 0) is 56.2 Å². The van der Waals surface area contributed by atoms with Gasteiger partial charge < -0.3 is 19.0 Å². The fourth-order valence-corrected chi connectivity index (χ4v) is 4.20. The number of aryl methyl sites for hydroxylation is 1. The molecule has 0 aliphatic rings. The number of alkyl carbamates (subject to hydrolysis) is 1. The molecular weight excluding hydrogens is 482 g/mol. The predicted octanol–water partition coefficient (Wildman–Crippen LogP) is 5.07. The molecule has 9 heteroatoms. The van der Waals surface area contributed by atoms with Crippen LogP contribution < -0.4 is 9.50 Å². The highest BCUT2D eigenvalue weighted by Gasteiger charge is 2.22. The van der Waals surface area contributed by atoms with E-state index in [4.69, 9.17) is 13.7 Å². The number of nitrogens with one attached hydrogen (secondary N) is 1. The zero-order valence-corrected chi connectivity index (χ0v) is 21.2. The number of carbonyl (C=O) groups excluding carboxylic acids is 2. The number of carbonyl (C=O) groups is 2. The molecule has 3 rings (SSSR count). The molecule has 0 fully saturated rings. The first-order chi connectivity index (χ1) is 17.1. The van der Waals surface area contributed by atoms with E-state index in [2.05, 4.69) is 5.32 Å². The lowest BCUT2D eigenvalue weighted by Gasteiger charge is -2.19. The highest BCUT2D eigenvalue weighted by molar-refractivity contribution is 7.87. The molecule has 0 spiro atoms. The molecule has 1 unspecified atom stereocenters. The van der Waals surface area contributed by atoms with Gasteiger partial charge in [0, 0.05) is 0 Å². The molecule has 36 heavy (non-hydrogen) atoms. The van der Waals surface area contributed by atoms with Gasteiger partial charge in [0.15, 0.2) is 0 Å². The van der Waals surface area contributed by atoms with Crippen molar-refractivity contribution in [2.24, 2.45) is 0 Å². The maximum Gasteiger partial charge on any atom is 0.407 e. The van der Waals surface area contributed by atoms with E-state index in [0.717, 1.165) is 11.1 Å². The summed E-state index contributed by atoms with van der Waals surface area (Å²) in [6.07, 6.45) is -1.16. The molecule has 0 aliphatic carbocycles. The van der Waals surface area contributed by atoms with Crippen molar-refractivity contribution in [1.82, 2.24) is 5.32 Å². The topological polar surface area (TPSA) is 108 Å².